The summed E-state index contributed by atoms with van der Waals surface area (Å²) < 4.78 is 15.5. The Hall–Kier alpha value is -8.35. The number of aryl methyl sites for hydroxylation is 1. The highest BCUT2D eigenvalue weighted by molar-refractivity contribution is 6.12. The minimum Gasteiger partial charge on any atom is -0.456 e. The van der Waals surface area contributed by atoms with E-state index in [9.17, 15) is 0 Å². The lowest BCUT2D eigenvalue weighted by Crippen LogP contribution is -2.07. The molecule has 6 nitrogen and oxygen atoms in total. The molecule has 14 rings (SSSR count). The third-order valence-electron chi connectivity index (χ3n) is 13.5. The zero-order valence-electron chi connectivity index (χ0n) is 34.5. The Bertz CT molecular complexity index is 4010. The fourth-order valence-corrected chi connectivity index (χ4v) is 10.6. The number of para-hydroxylation sites is 4. The highest BCUT2D eigenvalue weighted by atomic mass is 16.3. The van der Waals surface area contributed by atoms with Crippen LogP contribution in [0.15, 0.2) is 197 Å². The summed E-state index contributed by atoms with van der Waals surface area (Å²) in [6.07, 6.45) is 1.90. The van der Waals surface area contributed by atoms with Crippen LogP contribution in [0.5, 0.6) is 0 Å². The smallest absolute Gasteiger partial charge is 0.238 e. The summed E-state index contributed by atoms with van der Waals surface area (Å²) in [4.78, 5) is 16.0. The predicted octanol–water partition coefficient (Wildman–Crippen LogP) is 15.0. The molecule has 0 amide bonds. The van der Waals surface area contributed by atoms with Crippen LogP contribution in [-0.4, -0.2) is 19.5 Å². The lowest BCUT2D eigenvalue weighted by atomic mass is 9.83. The van der Waals surface area contributed by atoms with Crippen LogP contribution < -0.4 is 0 Å². The van der Waals surface area contributed by atoms with Crippen molar-refractivity contribution in [2.75, 3.05) is 0 Å². The molecule has 0 spiro atoms. The molecule has 300 valence electrons. The summed E-state index contributed by atoms with van der Waals surface area (Å²) in [5.41, 5.74) is 13.4. The maximum absolute atomic E-state index is 6.99. The standard InChI is InChI=1S/C58H36N4O2/c1-2-14-35-32-48-36(31-34(35)13-1)25-27-40(38-15-3-4-16-39(38)48)45-29-30-47(55-54(45)46-20-8-12-24-52(46)64-55)57-59-56(37-26-28-44-43-19-7-11-23-51(43)63-53(44)33-37)60-58(61-57)62-49-21-9-5-17-41(49)42-18-6-10-22-50(42)62/h1-24,26,28-33,40H,25,27H2. The van der Waals surface area contributed by atoms with Gasteiger partial charge >= 0.3 is 0 Å². The SMILES string of the molecule is c1ccc2c(c1)-c1cc3ccccc3cc1CCC2c1ccc(-c2nc(-c3ccc4c(c3)oc3ccccc34)nc(-n3c4ccccc4c4ccccc43)n2)c2oc3ccccc3c12. The van der Waals surface area contributed by atoms with Crippen LogP contribution in [0.2, 0.25) is 0 Å². The van der Waals surface area contributed by atoms with Gasteiger partial charge in [-0.1, -0.05) is 140 Å². The molecule has 1 atom stereocenters. The zero-order valence-corrected chi connectivity index (χ0v) is 34.5. The molecule has 4 heterocycles. The lowest BCUT2D eigenvalue weighted by molar-refractivity contribution is 0.667. The Labute approximate surface area is 366 Å². The number of furan rings is 2. The van der Waals surface area contributed by atoms with Crippen LogP contribution in [0.3, 0.4) is 0 Å². The van der Waals surface area contributed by atoms with Crippen LogP contribution in [-0.2, 0) is 6.42 Å². The van der Waals surface area contributed by atoms with Gasteiger partial charge in [0.1, 0.15) is 22.3 Å². The van der Waals surface area contributed by atoms with Gasteiger partial charge in [-0.05, 0) is 100.0 Å². The minimum atomic E-state index is 0.113. The van der Waals surface area contributed by atoms with Gasteiger partial charge in [-0.3, -0.25) is 4.57 Å². The van der Waals surface area contributed by atoms with E-state index in [4.69, 9.17) is 23.8 Å². The molecule has 13 aromatic rings. The molecule has 0 radical (unpaired) electrons. The summed E-state index contributed by atoms with van der Waals surface area (Å²) in [6, 6.07) is 66.6. The van der Waals surface area contributed by atoms with Crippen LogP contribution in [0.4, 0.5) is 0 Å². The summed E-state index contributed by atoms with van der Waals surface area (Å²) in [7, 11) is 0. The first-order valence-corrected chi connectivity index (χ1v) is 21.9. The largest absolute Gasteiger partial charge is 0.456 e. The van der Waals surface area contributed by atoms with E-state index in [-0.39, 0.29) is 5.92 Å². The molecule has 1 aliphatic carbocycles. The number of aromatic nitrogens is 4. The van der Waals surface area contributed by atoms with Crippen LogP contribution in [0.25, 0.3) is 116 Å². The van der Waals surface area contributed by atoms with Gasteiger partial charge in [0.2, 0.25) is 5.95 Å². The van der Waals surface area contributed by atoms with Gasteiger partial charge in [0.15, 0.2) is 11.6 Å². The van der Waals surface area contributed by atoms with Crippen molar-refractivity contribution in [1.29, 1.82) is 0 Å². The molecule has 0 fully saturated rings. The maximum atomic E-state index is 6.99. The Morgan fingerprint density at radius 3 is 1.89 bits per heavy atom. The van der Waals surface area contributed by atoms with Gasteiger partial charge in [-0.25, -0.2) is 4.98 Å². The van der Waals surface area contributed by atoms with Crippen molar-refractivity contribution in [3.8, 4) is 39.9 Å². The van der Waals surface area contributed by atoms with Gasteiger partial charge in [-0.15, -0.1) is 0 Å². The molecular weight excluding hydrogens is 785 g/mol. The number of fused-ring (bicyclic) bond motifs is 13. The highest BCUT2D eigenvalue weighted by Crippen LogP contribution is 2.48. The zero-order chi connectivity index (χ0) is 41.9. The molecule has 0 saturated heterocycles. The molecule has 4 aromatic heterocycles. The quantitative estimate of drug-likeness (QED) is 0.177. The van der Waals surface area contributed by atoms with E-state index in [0.717, 1.165) is 89.7 Å². The Morgan fingerprint density at radius 1 is 0.438 bits per heavy atom. The fraction of sp³-hybridized carbons (Fsp3) is 0.0517. The van der Waals surface area contributed by atoms with E-state index in [2.05, 4.69) is 168 Å². The molecule has 9 aromatic carbocycles. The third-order valence-corrected chi connectivity index (χ3v) is 13.5. The van der Waals surface area contributed by atoms with E-state index in [0.29, 0.717) is 17.6 Å². The molecule has 0 bridgehead atoms. The summed E-state index contributed by atoms with van der Waals surface area (Å²) >= 11 is 0. The van der Waals surface area contributed by atoms with Crippen molar-refractivity contribution < 1.29 is 8.83 Å². The van der Waals surface area contributed by atoms with E-state index in [1.807, 2.05) is 24.3 Å². The van der Waals surface area contributed by atoms with Gasteiger partial charge < -0.3 is 8.83 Å². The number of rotatable bonds is 4. The predicted molar refractivity (Wildman–Crippen MR) is 259 cm³/mol. The van der Waals surface area contributed by atoms with Gasteiger partial charge in [0.05, 0.1) is 16.6 Å². The molecule has 0 N–H and O–H groups in total. The van der Waals surface area contributed by atoms with Crippen molar-refractivity contribution in [1.82, 2.24) is 19.5 Å². The molecule has 0 saturated carbocycles. The number of nitrogens with zero attached hydrogens (tertiary/aromatic N) is 4. The lowest BCUT2D eigenvalue weighted by Gasteiger charge is -2.20. The number of hydrogen-bond acceptors (Lipinski definition) is 5. The second-order valence-electron chi connectivity index (χ2n) is 17.0. The average Bonchev–Trinajstić information content (AvgIpc) is 4.00. The second kappa shape index (κ2) is 13.6. The molecule has 0 aliphatic heterocycles. The maximum Gasteiger partial charge on any atom is 0.238 e. The van der Waals surface area contributed by atoms with Crippen LogP contribution >= 0.6 is 0 Å². The average molecular weight is 821 g/mol. The van der Waals surface area contributed by atoms with Crippen molar-refractivity contribution in [2.24, 2.45) is 0 Å². The van der Waals surface area contributed by atoms with Crippen molar-refractivity contribution >= 4 is 76.5 Å². The summed E-state index contributed by atoms with van der Waals surface area (Å²) in [6.45, 7) is 0. The van der Waals surface area contributed by atoms with Crippen LogP contribution in [0, 0.1) is 0 Å². The van der Waals surface area contributed by atoms with Crippen molar-refractivity contribution in [2.45, 2.75) is 18.8 Å². The normalized spacial score (nSPS) is 14.0. The first-order valence-electron chi connectivity index (χ1n) is 21.9. The topological polar surface area (TPSA) is 69.9 Å². The summed E-state index contributed by atoms with van der Waals surface area (Å²) in [5, 5.41) is 9.09. The Kier molecular flexibility index (Phi) is 7.48. The van der Waals surface area contributed by atoms with E-state index < -0.39 is 0 Å². The summed E-state index contributed by atoms with van der Waals surface area (Å²) in [5.74, 6) is 1.71. The van der Waals surface area contributed by atoms with Crippen molar-refractivity contribution in [3.63, 3.8) is 0 Å². The molecule has 6 heteroatoms. The Morgan fingerprint density at radius 2 is 1.08 bits per heavy atom. The Balaban J connectivity index is 1.01. The number of benzene rings is 9. The van der Waals surface area contributed by atoms with Crippen molar-refractivity contribution in [3.05, 3.63) is 205 Å². The first-order chi connectivity index (χ1) is 31.7. The highest BCUT2D eigenvalue weighted by Gasteiger charge is 2.29. The van der Waals surface area contributed by atoms with Gasteiger partial charge in [-0.2, -0.15) is 9.97 Å². The minimum absolute atomic E-state index is 0.113. The molecular formula is C58H36N4O2. The van der Waals surface area contributed by atoms with Gasteiger partial charge in [0, 0.05) is 43.8 Å². The number of hydrogen-bond donors (Lipinski definition) is 0. The fourth-order valence-electron chi connectivity index (χ4n) is 10.6. The molecule has 1 aliphatic rings. The monoisotopic (exact) mass is 820 g/mol. The van der Waals surface area contributed by atoms with Crippen LogP contribution in [0.1, 0.15) is 29.0 Å². The van der Waals surface area contributed by atoms with E-state index in [1.165, 1.54) is 38.6 Å². The molecule has 64 heavy (non-hydrogen) atoms. The molecule has 1 unspecified atom stereocenters. The van der Waals surface area contributed by atoms with E-state index >= 15 is 0 Å². The van der Waals surface area contributed by atoms with Gasteiger partial charge in [0.25, 0.3) is 0 Å². The second-order valence-corrected chi connectivity index (χ2v) is 17.0. The first kappa shape index (κ1) is 35.3. The van der Waals surface area contributed by atoms with E-state index in [1.54, 1.807) is 0 Å². The third kappa shape index (κ3) is 5.23.